The molecule has 3 aromatic rings. The molecule has 2 aromatic carbocycles. The molecule has 0 radical (unpaired) electrons. The van der Waals surface area contributed by atoms with E-state index in [4.69, 9.17) is 9.47 Å². The predicted molar refractivity (Wildman–Crippen MR) is 119 cm³/mol. The van der Waals surface area contributed by atoms with Crippen molar-refractivity contribution >= 4 is 16.8 Å². The van der Waals surface area contributed by atoms with E-state index in [0.717, 1.165) is 41.7 Å². The van der Waals surface area contributed by atoms with Gasteiger partial charge in [0, 0.05) is 25.0 Å². The molecule has 5 heteroatoms. The number of rotatable bonds is 8. The number of fused-ring (bicyclic) bond motifs is 1. The van der Waals surface area contributed by atoms with E-state index in [-0.39, 0.29) is 5.91 Å². The molecule has 1 fully saturated rings. The van der Waals surface area contributed by atoms with E-state index < -0.39 is 0 Å². The van der Waals surface area contributed by atoms with Crippen molar-refractivity contribution in [3.8, 4) is 5.75 Å². The Labute approximate surface area is 177 Å². The van der Waals surface area contributed by atoms with E-state index in [2.05, 4.69) is 41.5 Å². The highest BCUT2D eigenvalue weighted by atomic mass is 16.5. The first-order valence-electron chi connectivity index (χ1n) is 10.5. The third-order valence-corrected chi connectivity index (χ3v) is 5.47. The molecular formula is C25H28N2O3. The number of ether oxygens (including phenoxy) is 2. The quantitative estimate of drug-likeness (QED) is 0.526. The van der Waals surface area contributed by atoms with Crippen LogP contribution < -0.4 is 4.74 Å². The molecule has 156 valence electrons. The number of hydrogen-bond acceptors (Lipinski definition) is 3. The third kappa shape index (κ3) is 4.41. The Morgan fingerprint density at radius 1 is 1.10 bits per heavy atom. The second kappa shape index (κ2) is 9.63. The van der Waals surface area contributed by atoms with Crippen molar-refractivity contribution in [3.63, 3.8) is 0 Å². The zero-order valence-corrected chi connectivity index (χ0v) is 17.3. The lowest BCUT2D eigenvalue weighted by Crippen LogP contribution is -2.41. The van der Waals surface area contributed by atoms with Gasteiger partial charge in [-0.3, -0.25) is 4.79 Å². The van der Waals surface area contributed by atoms with E-state index in [9.17, 15) is 4.79 Å². The highest BCUT2D eigenvalue weighted by Gasteiger charge is 2.24. The Morgan fingerprint density at radius 2 is 1.90 bits per heavy atom. The maximum Gasteiger partial charge on any atom is 0.270 e. The van der Waals surface area contributed by atoms with Gasteiger partial charge in [-0.15, -0.1) is 0 Å². The molecule has 4 rings (SSSR count). The molecule has 0 saturated carbocycles. The van der Waals surface area contributed by atoms with Gasteiger partial charge in [-0.25, -0.2) is 0 Å². The summed E-state index contributed by atoms with van der Waals surface area (Å²) in [4.78, 5) is 15.2. The fraction of sp³-hybridized carbons (Fsp3) is 0.320. The molecule has 0 bridgehead atoms. The molecule has 0 N–H and O–H groups in total. The van der Waals surface area contributed by atoms with Crippen LogP contribution >= 0.6 is 0 Å². The van der Waals surface area contributed by atoms with Gasteiger partial charge in [0.15, 0.2) is 0 Å². The summed E-state index contributed by atoms with van der Waals surface area (Å²) < 4.78 is 13.4. The van der Waals surface area contributed by atoms with Gasteiger partial charge < -0.3 is 18.9 Å². The number of carbonyl (C=O) groups is 1. The lowest BCUT2D eigenvalue weighted by Gasteiger charge is -2.27. The summed E-state index contributed by atoms with van der Waals surface area (Å²) in [5.74, 6) is 0.842. The second-order valence-electron chi connectivity index (χ2n) is 7.46. The van der Waals surface area contributed by atoms with Gasteiger partial charge in [0.1, 0.15) is 18.1 Å². The minimum atomic E-state index is 0.0591. The zero-order valence-electron chi connectivity index (χ0n) is 17.3. The Balaban J connectivity index is 1.65. The van der Waals surface area contributed by atoms with Crippen molar-refractivity contribution in [2.75, 3.05) is 32.9 Å². The molecule has 30 heavy (non-hydrogen) atoms. The predicted octanol–water partition coefficient (Wildman–Crippen LogP) is 4.31. The summed E-state index contributed by atoms with van der Waals surface area (Å²) in [7, 11) is 0. The number of aromatic nitrogens is 1. The van der Waals surface area contributed by atoms with Crippen LogP contribution in [0.5, 0.6) is 5.75 Å². The molecule has 1 aromatic heterocycles. The monoisotopic (exact) mass is 404 g/mol. The molecule has 2 heterocycles. The maximum atomic E-state index is 13.3. The normalized spacial score (nSPS) is 14.1. The van der Waals surface area contributed by atoms with Crippen molar-refractivity contribution in [2.45, 2.75) is 19.4 Å². The summed E-state index contributed by atoms with van der Waals surface area (Å²) in [5, 5.41) is 0.968. The molecule has 5 nitrogen and oxygen atoms in total. The van der Waals surface area contributed by atoms with Crippen molar-refractivity contribution in [3.05, 3.63) is 78.5 Å². The summed E-state index contributed by atoms with van der Waals surface area (Å²) in [6.07, 6.45) is 3.66. The van der Waals surface area contributed by atoms with Gasteiger partial charge in [0.05, 0.1) is 18.7 Å². The lowest BCUT2D eigenvalue weighted by molar-refractivity contribution is 0.0296. The summed E-state index contributed by atoms with van der Waals surface area (Å²) in [6.45, 7) is 7.38. The average molecular weight is 405 g/mol. The van der Waals surface area contributed by atoms with E-state index in [1.54, 1.807) is 6.08 Å². The number of hydrogen-bond donors (Lipinski definition) is 0. The number of benzene rings is 2. The van der Waals surface area contributed by atoms with Gasteiger partial charge in [0.2, 0.25) is 0 Å². The van der Waals surface area contributed by atoms with Crippen molar-refractivity contribution in [2.24, 2.45) is 0 Å². The SMILES string of the molecule is C=CCOc1cccc2c1cc(C(=O)N1CCOCC1)n2CCCc1ccccc1. The standard InChI is InChI=1S/C25H28N2O3/c1-2-16-30-24-12-6-11-22-21(24)19-23(25(28)26-14-17-29-18-15-26)27(22)13-7-10-20-8-4-3-5-9-20/h2-6,8-9,11-12,19H,1,7,10,13-18H2. The van der Waals surface area contributed by atoms with Crippen molar-refractivity contribution in [1.29, 1.82) is 0 Å². The number of amides is 1. The first-order valence-corrected chi connectivity index (χ1v) is 10.5. The minimum Gasteiger partial charge on any atom is -0.489 e. The first-order chi connectivity index (χ1) is 14.8. The van der Waals surface area contributed by atoms with Gasteiger partial charge in [-0.05, 0) is 36.6 Å². The molecule has 1 saturated heterocycles. The topological polar surface area (TPSA) is 43.7 Å². The van der Waals surface area contributed by atoms with Gasteiger partial charge >= 0.3 is 0 Å². The van der Waals surface area contributed by atoms with E-state index in [1.807, 2.05) is 29.2 Å². The maximum absolute atomic E-state index is 13.3. The molecule has 1 aliphatic rings. The first kappa shape index (κ1) is 20.2. The van der Waals surface area contributed by atoms with Crippen LogP contribution in [-0.2, 0) is 17.7 Å². The van der Waals surface area contributed by atoms with Crippen LogP contribution in [0.3, 0.4) is 0 Å². The van der Waals surface area contributed by atoms with Crippen molar-refractivity contribution < 1.29 is 14.3 Å². The third-order valence-electron chi connectivity index (χ3n) is 5.47. The van der Waals surface area contributed by atoms with Crippen LogP contribution in [0, 0.1) is 0 Å². The Morgan fingerprint density at radius 3 is 2.67 bits per heavy atom. The van der Waals surface area contributed by atoms with Gasteiger partial charge in [0.25, 0.3) is 5.91 Å². The Hall–Kier alpha value is -3.05. The molecule has 1 aliphatic heterocycles. The van der Waals surface area contributed by atoms with Crippen LogP contribution in [0.25, 0.3) is 10.9 Å². The zero-order chi connectivity index (χ0) is 20.8. The minimum absolute atomic E-state index is 0.0591. The molecule has 0 aliphatic carbocycles. The number of nitrogens with zero attached hydrogens (tertiary/aromatic N) is 2. The lowest BCUT2D eigenvalue weighted by atomic mass is 10.1. The largest absolute Gasteiger partial charge is 0.489 e. The van der Waals surface area contributed by atoms with Crippen LogP contribution in [0.1, 0.15) is 22.5 Å². The highest BCUT2D eigenvalue weighted by Crippen LogP contribution is 2.30. The fourth-order valence-electron chi connectivity index (χ4n) is 3.96. The molecule has 0 spiro atoms. The molecular weight excluding hydrogens is 376 g/mol. The second-order valence-corrected chi connectivity index (χ2v) is 7.46. The van der Waals surface area contributed by atoms with Gasteiger partial charge in [-0.1, -0.05) is 49.1 Å². The van der Waals surface area contributed by atoms with E-state index in [1.165, 1.54) is 5.56 Å². The number of carbonyl (C=O) groups excluding carboxylic acids is 1. The van der Waals surface area contributed by atoms with E-state index in [0.29, 0.717) is 32.9 Å². The van der Waals surface area contributed by atoms with Crippen LogP contribution in [0.4, 0.5) is 0 Å². The molecule has 0 atom stereocenters. The molecule has 0 unspecified atom stereocenters. The number of morpholine rings is 1. The molecule has 1 amide bonds. The summed E-state index contributed by atoms with van der Waals surface area (Å²) in [6, 6.07) is 18.4. The highest BCUT2D eigenvalue weighted by molar-refractivity contribution is 6.00. The smallest absolute Gasteiger partial charge is 0.270 e. The summed E-state index contributed by atoms with van der Waals surface area (Å²) in [5.41, 5.74) is 3.06. The van der Waals surface area contributed by atoms with E-state index >= 15 is 0 Å². The Bertz CT molecular complexity index is 1000. The fourth-order valence-corrected chi connectivity index (χ4v) is 3.96. The van der Waals surface area contributed by atoms with Crippen molar-refractivity contribution in [1.82, 2.24) is 9.47 Å². The number of aryl methyl sites for hydroxylation is 2. The van der Waals surface area contributed by atoms with Crippen LogP contribution in [0.2, 0.25) is 0 Å². The Kier molecular flexibility index (Phi) is 6.50. The average Bonchev–Trinajstić information content (AvgIpc) is 3.17. The van der Waals surface area contributed by atoms with Crippen LogP contribution in [-0.4, -0.2) is 48.3 Å². The summed E-state index contributed by atoms with van der Waals surface area (Å²) >= 11 is 0. The van der Waals surface area contributed by atoms with Gasteiger partial charge in [-0.2, -0.15) is 0 Å². The van der Waals surface area contributed by atoms with Crippen LogP contribution in [0.15, 0.2) is 67.3 Å².